The number of nitriles is 1. The summed E-state index contributed by atoms with van der Waals surface area (Å²) < 4.78 is 51.6. The molecule has 330 valence electrons. The van der Waals surface area contributed by atoms with E-state index in [0.29, 0.717) is 57.9 Å². The summed E-state index contributed by atoms with van der Waals surface area (Å²) in [4.78, 5) is 48.7. The number of carbonyl (C=O) groups is 2. The minimum Gasteiger partial charge on any atom is -0.453 e. The Morgan fingerprint density at radius 2 is 1.84 bits per heavy atom. The van der Waals surface area contributed by atoms with Crippen LogP contribution in [0.3, 0.4) is 0 Å². The summed E-state index contributed by atoms with van der Waals surface area (Å²) in [5.41, 5.74) is 1.54. The molecule has 1 atom stereocenters. The Labute approximate surface area is 367 Å². The second kappa shape index (κ2) is 17.4. The van der Waals surface area contributed by atoms with Crippen molar-refractivity contribution in [1.29, 1.82) is 5.26 Å². The van der Waals surface area contributed by atoms with Gasteiger partial charge in [0.25, 0.3) is 5.56 Å². The van der Waals surface area contributed by atoms with E-state index in [-0.39, 0.29) is 59.0 Å². The number of piperidine rings is 2. The van der Waals surface area contributed by atoms with E-state index in [1.807, 2.05) is 24.3 Å². The van der Waals surface area contributed by atoms with E-state index in [1.165, 1.54) is 35.2 Å². The number of hydrogen-bond donors (Lipinski definition) is 2. The van der Waals surface area contributed by atoms with Gasteiger partial charge in [0.15, 0.2) is 17.4 Å². The van der Waals surface area contributed by atoms with Crippen LogP contribution in [0.5, 0.6) is 11.5 Å². The Hall–Kier alpha value is -5.81. The number of fused-ring (bicyclic) bond motifs is 2. The van der Waals surface area contributed by atoms with Gasteiger partial charge in [0, 0.05) is 76.8 Å². The fraction of sp³-hybridized carbons (Fsp3) is 0.455. The molecule has 16 nitrogen and oxygen atoms in total. The molecule has 3 aromatic carbocycles. The molecular formula is C44H49F2N11O5S. The molecule has 0 aliphatic carbocycles. The number of urea groups is 1. The first kappa shape index (κ1) is 42.5. The molecule has 9 rings (SSSR count). The Bertz CT molecular complexity index is 2690. The number of nitrogens with zero attached hydrogens (tertiary/aromatic N) is 9. The molecule has 4 fully saturated rings. The van der Waals surface area contributed by atoms with Crippen molar-refractivity contribution in [2.45, 2.75) is 57.1 Å². The van der Waals surface area contributed by atoms with Gasteiger partial charge in [-0.25, -0.2) is 22.9 Å². The van der Waals surface area contributed by atoms with E-state index in [0.717, 1.165) is 65.0 Å². The summed E-state index contributed by atoms with van der Waals surface area (Å²) in [5, 5.41) is 17.6. The molecule has 0 saturated carbocycles. The van der Waals surface area contributed by atoms with Crippen molar-refractivity contribution < 1.29 is 27.8 Å². The third-order valence-corrected chi connectivity index (χ3v) is 13.9. The topological polar surface area (TPSA) is 166 Å². The number of amides is 3. The molecule has 19 heteroatoms. The average Bonchev–Trinajstić information content (AvgIpc) is 3.84. The van der Waals surface area contributed by atoms with Crippen molar-refractivity contribution in [2.75, 3.05) is 74.0 Å². The highest BCUT2D eigenvalue weighted by atomic mass is 32.2. The molecule has 4 saturated heterocycles. The molecule has 6 heterocycles. The number of imide groups is 1. The number of aryl methyl sites for hydroxylation is 1. The van der Waals surface area contributed by atoms with Gasteiger partial charge in [-0.2, -0.15) is 10.4 Å². The Morgan fingerprint density at radius 1 is 1.05 bits per heavy atom. The maximum Gasteiger partial charge on any atom is 0.329 e. The zero-order chi connectivity index (χ0) is 44.0. The first-order chi connectivity index (χ1) is 30.4. The molecule has 63 heavy (non-hydrogen) atoms. The maximum absolute atomic E-state index is 15.7. The van der Waals surface area contributed by atoms with E-state index in [4.69, 9.17) is 9.47 Å². The third-order valence-electron chi connectivity index (χ3n) is 13.0. The van der Waals surface area contributed by atoms with Crippen LogP contribution < -0.4 is 30.1 Å². The van der Waals surface area contributed by atoms with E-state index in [9.17, 15) is 19.6 Å². The highest BCUT2D eigenvalue weighted by Crippen LogP contribution is 2.42. The van der Waals surface area contributed by atoms with Crippen LogP contribution in [0.2, 0.25) is 0 Å². The van der Waals surface area contributed by atoms with Crippen LogP contribution in [0.15, 0.2) is 53.6 Å². The minimum absolute atomic E-state index is 0.0110. The molecule has 1 spiro atoms. The highest BCUT2D eigenvalue weighted by molar-refractivity contribution is 7.98. The summed E-state index contributed by atoms with van der Waals surface area (Å²) in [6.07, 6.45) is 5.95. The van der Waals surface area contributed by atoms with Crippen LogP contribution in [0, 0.1) is 28.9 Å². The molecule has 3 amide bonds. The molecule has 1 unspecified atom stereocenters. The standard InChI is InChI=1S/C44H49F2N11O5S/c1-4-52(2)63-51-36-8-6-33(45)40(32(36)23-47)62-29-5-7-35-30(19-29)42(59)57(26-48-35)28-22-44(61-25-28)12-17-54(18-13-44)24-27-9-14-55(15-10-27)38-21-37-31(20-34(38)46)41(50-53(37)3)56-16-11-39(58)49-43(56)60/h5-8,19-21,26-28,51H,4,9-18,22,24-25H2,1-3H3,(H,49,58,60). The van der Waals surface area contributed by atoms with Gasteiger partial charge >= 0.3 is 6.03 Å². The van der Waals surface area contributed by atoms with E-state index >= 15 is 8.78 Å². The van der Waals surface area contributed by atoms with Gasteiger partial charge in [-0.15, -0.1) is 0 Å². The number of halogens is 2. The van der Waals surface area contributed by atoms with E-state index in [1.54, 1.807) is 40.8 Å². The second-order valence-corrected chi connectivity index (χ2v) is 17.9. The van der Waals surface area contributed by atoms with Gasteiger partial charge in [0.2, 0.25) is 5.91 Å². The van der Waals surface area contributed by atoms with Gasteiger partial charge in [-0.1, -0.05) is 6.92 Å². The second-order valence-electron chi connectivity index (χ2n) is 16.9. The number of carbonyl (C=O) groups excluding carboxylic acids is 2. The lowest BCUT2D eigenvalue weighted by atomic mass is 9.86. The Morgan fingerprint density at radius 3 is 2.59 bits per heavy atom. The van der Waals surface area contributed by atoms with Crippen molar-refractivity contribution in [1.82, 2.24) is 33.9 Å². The van der Waals surface area contributed by atoms with Gasteiger partial charge in [-0.3, -0.25) is 29.1 Å². The lowest BCUT2D eigenvalue weighted by Gasteiger charge is -2.41. The van der Waals surface area contributed by atoms with Crippen molar-refractivity contribution in [3.63, 3.8) is 0 Å². The first-order valence-electron chi connectivity index (χ1n) is 21.4. The summed E-state index contributed by atoms with van der Waals surface area (Å²) in [5.74, 6) is -0.624. The number of anilines is 3. The number of nitrogens with one attached hydrogen (secondary N) is 2. The van der Waals surface area contributed by atoms with Crippen LogP contribution in [0.4, 0.5) is 30.8 Å². The van der Waals surface area contributed by atoms with Crippen LogP contribution in [0.25, 0.3) is 21.8 Å². The summed E-state index contributed by atoms with van der Waals surface area (Å²) in [6.45, 7) is 7.46. The lowest BCUT2D eigenvalue weighted by Crippen LogP contribution is -2.49. The zero-order valence-electron chi connectivity index (χ0n) is 35.4. The number of likely N-dealkylation sites (tertiary alicyclic amines) is 1. The molecule has 4 aliphatic heterocycles. The monoisotopic (exact) mass is 881 g/mol. The predicted octanol–water partition coefficient (Wildman–Crippen LogP) is 6.31. The van der Waals surface area contributed by atoms with Crippen molar-refractivity contribution in [3.05, 3.63) is 76.3 Å². The van der Waals surface area contributed by atoms with E-state index < -0.39 is 11.8 Å². The Kier molecular flexibility index (Phi) is 11.7. The van der Waals surface area contributed by atoms with Crippen molar-refractivity contribution in [3.8, 4) is 17.6 Å². The fourth-order valence-electron chi connectivity index (χ4n) is 9.27. The highest BCUT2D eigenvalue weighted by Gasteiger charge is 2.44. The quantitative estimate of drug-likeness (QED) is 0.142. The van der Waals surface area contributed by atoms with Gasteiger partial charge in [-0.05, 0) is 87.5 Å². The fourth-order valence-corrected chi connectivity index (χ4v) is 9.82. The number of rotatable bonds is 11. The number of aromatic nitrogens is 4. The number of benzene rings is 3. The third kappa shape index (κ3) is 8.40. The first-order valence-corrected chi connectivity index (χ1v) is 22.1. The van der Waals surface area contributed by atoms with Crippen molar-refractivity contribution in [2.24, 2.45) is 13.0 Å². The average molecular weight is 882 g/mol. The summed E-state index contributed by atoms with van der Waals surface area (Å²) in [6, 6.07) is 12.1. The molecule has 0 bridgehead atoms. The largest absolute Gasteiger partial charge is 0.453 e. The summed E-state index contributed by atoms with van der Waals surface area (Å²) in [7, 11) is 3.65. The zero-order valence-corrected chi connectivity index (χ0v) is 36.2. The molecule has 5 aromatic rings. The molecule has 2 N–H and O–H groups in total. The number of ether oxygens (including phenoxy) is 2. The molecule has 2 aromatic heterocycles. The summed E-state index contributed by atoms with van der Waals surface area (Å²) >= 11 is 1.28. The van der Waals surface area contributed by atoms with Crippen LogP contribution in [-0.4, -0.2) is 106 Å². The number of hydrogen-bond acceptors (Lipinski definition) is 13. The van der Waals surface area contributed by atoms with Crippen LogP contribution >= 0.6 is 12.1 Å². The maximum atomic E-state index is 15.7. The van der Waals surface area contributed by atoms with Crippen LogP contribution in [-0.2, 0) is 16.6 Å². The van der Waals surface area contributed by atoms with Gasteiger partial charge in [0.1, 0.15) is 23.2 Å². The van der Waals surface area contributed by atoms with Gasteiger partial charge < -0.3 is 24.0 Å². The lowest BCUT2D eigenvalue weighted by molar-refractivity contribution is -0.120. The molecule has 0 radical (unpaired) electrons. The SMILES string of the molecule is CCN(C)SNc1ccc(F)c(Oc2ccc3ncn(C4COC5(CCN(CC6CCN(c7cc8c(cc7F)c(N7CCC(=O)NC7=O)nn8C)CC6)CC5)C4)c(=O)c3c2)c1C#N. The normalized spacial score (nSPS) is 19.7. The molecular weight excluding hydrogens is 833 g/mol. The minimum atomic E-state index is -0.698. The van der Waals surface area contributed by atoms with Crippen molar-refractivity contribution >= 4 is 63.1 Å². The molecule has 4 aliphatic rings. The van der Waals surface area contributed by atoms with Crippen LogP contribution in [0.1, 0.15) is 57.1 Å². The smallest absolute Gasteiger partial charge is 0.329 e. The van der Waals surface area contributed by atoms with Gasteiger partial charge in [0.05, 0.1) is 52.4 Å². The van der Waals surface area contributed by atoms with E-state index in [2.05, 4.69) is 36.0 Å². The Balaban J connectivity index is 0.802. The predicted molar refractivity (Wildman–Crippen MR) is 236 cm³/mol.